The van der Waals surface area contributed by atoms with Gasteiger partial charge in [0.15, 0.2) is 0 Å². The molecule has 2 aromatic carbocycles. The van der Waals surface area contributed by atoms with Gasteiger partial charge in [-0.1, -0.05) is 18.2 Å². The van der Waals surface area contributed by atoms with Crippen LogP contribution in [0.15, 0.2) is 42.6 Å². The van der Waals surface area contributed by atoms with Crippen molar-refractivity contribution in [2.24, 2.45) is 0 Å². The number of ether oxygens (including phenoxy) is 1. The fourth-order valence-corrected chi connectivity index (χ4v) is 3.72. The number of aromatic nitrogens is 2. The lowest BCUT2D eigenvalue weighted by Gasteiger charge is -2.12. The topological polar surface area (TPSA) is 73.3 Å². The van der Waals surface area contributed by atoms with Crippen LogP contribution in [0.2, 0.25) is 0 Å². The molecule has 2 heterocycles. The number of nitrogen functional groups attached to an aromatic ring is 1. The molecule has 27 heavy (non-hydrogen) atoms. The van der Waals surface area contributed by atoms with Crippen LogP contribution in [0.25, 0.3) is 32.9 Å². The number of para-hydroxylation sites is 1. The lowest BCUT2D eigenvalue weighted by Crippen LogP contribution is -1.95. The molecular formula is C21H18FN3O2. The van der Waals surface area contributed by atoms with Crippen molar-refractivity contribution in [3.8, 4) is 22.8 Å². The lowest BCUT2D eigenvalue weighted by molar-refractivity contribution is 0.415. The fourth-order valence-electron chi connectivity index (χ4n) is 3.72. The van der Waals surface area contributed by atoms with Crippen LogP contribution in [0.3, 0.4) is 0 Å². The normalized spacial score (nSPS) is 14.1. The van der Waals surface area contributed by atoms with E-state index < -0.39 is 0 Å². The average Bonchev–Trinajstić information content (AvgIpc) is 3.45. The monoisotopic (exact) mass is 363 g/mol. The van der Waals surface area contributed by atoms with Gasteiger partial charge in [0.25, 0.3) is 0 Å². The van der Waals surface area contributed by atoms with Crippen LogP contribution in [-0.4, -0.2) is 21.8 Å². The van der Waals surface area contributed by atoms with Crippen LogP contribution in [0.4, 0.5) is 10.1 Å². The summed E-state index contributed by atoms with van der Waals surface area (Å²) in [6, 6.07) is 10.3. The zero-order chi connectivity index (χ0) is 18.7. The SMILES string of the molecule is COc1ccc(F)cc1-c1cccc2c(N)c3c(O)n(C4CC4)cc3nc12. The number of methoxy groups -OCH3 is 1. The van der Waals surface area contributed by atoms with E-state index in [1.807, 2.05) is 29.0 Å². The zero-order valence-electron chi connectivity index (χ0n) is 14.7. The molecule has 4 aromatic rings. The molecule has 0 atom stereocenters. The molecular weight excluding hydrogens is 345 g/mol. The maximum atomic E-state index is 13.9. The van der Waals surface area contributed by atoms with Gasteiger partial charge in [-0.05, 0) is 31.0 Å². The summed E-state index contributed by atoms with van der Waals surface area (Å²) in [7, 11) is 1.55. The summed E-state index contributed by atoms with van der Waals surface area (Å²) >= 11 is 0. The number of aromatic hydroxyl groups is 1. The van der Waals surface area contributed by atoms with Crippen molar-refractivity contribution in [3.05, 3.63) is 48.4 Å². The van der Waals surface area contributed by atoms with E-state index in [-0.39, 0.29) is 11.7 Å². The van der Waals surface area contributed by atoms with E-state index in [0.717, 1.165) is 23.8 Å². The van der Waals surface area contributed by atoms with Gasteiger partial charge in [-0.3, -0.25) is 0 Å². The summed E-state index contributed by atoms with van der Waals surface area (Å²) < 4.78 is 21.2. The van der Waals surface area contributed by atoms with E-state index in [2.05, 4.69) is 0 Å². The number of nitrogens with zero attached hydrogens (tertiary/aromatic N) is 2. The van der Waals surface area contributed by atoms with Crippen LogP contribution in [0.1, 0.15) is 18.9 Å². The van der Waals surface area contributed by atoms with Crippen molar-refractivity contribution >= 4 is 27.5 Å². The molecule has 1 aliphatic carbocycles. The number of hydrogen-bond acceptors (Lipinski definition) is 4. The summed E-state index contributed by atoms with van der Waals surface area (Å²) in [6.45, 7) is 0. The van der Waals surface area contributed by atoms with E-state index >= 15 is 0 Å². The van der Waals surface area contributed by atoms with Gasteiger partial charge in [0.05, 0.1) is 29.2 Å². The van der Waals surface area contributed by atoms with Gasteiger partial charge >= 0.3 is 0 Å². The fraction of sp³-hybridized carbons (Fsp3) is 0.190. The molecule has 5 nitrogen and oxygen atoms in total. The van der Waals surface area contributed by atoms with Crippen LogP contribution in [0.5, 0.6) is 11.6 Å². The third kappa shape index (κ3) is 2.33. The largest absolute Gasteiger partial charge is 0.496 e. The van der Waals surface area contributed by atoms with Crippen LogP contribution < -0.4 is 10.5 Å². The first-order chi connectivity index (χ1) is 13.1. The van der Waals surface area contributed by atoms with Crippen molar-refractivity contribution in [1.29, 1.82) is 0 Å². The first-order valence-electron chi connectivity index (χ1n) is 8.84. The zero-order valence-corrected chi connectivity index (χ0v) is 14.7. The van der Waals surface area contributed by atoms with Gasteiger partial charge in [-0.15, -0.1) is 0 Å². The average molecular weight is 363 g/mol. The number of nitrogens with two attached hydrogens (primary N) is 1. The molecule has 0 amide bonds. The summed E-state index contributed by atoms with van der Waals surface area (Å²) in [6.07, 6.45) is 3.93. The van der Waals surface area contributed by atoms with Gasteiger partial charge in [-0.2, -0.15) is 0 Å². The Hall–Kier alpha value is -3.28. The molecule has 5 rings (SSSR count). The van der Waals surface area contributed by atoms with Crippen LogP contribution in [-0.2, 0) is 0 Å². The molecule has 2 aromatic heterocycles. The number of benzene rings is 2. The van der Waals surface area contributed by atoms with Crippen molar-refractivity contribution in [2.75, 3.05) is 12.8 Å². The first-order valence-corrected chi connectivity index (χ1v) is 8.84. The first kappa shape index (κ1) is 15.9. The quantitative estimate of drug-likeness (QED) is 0.557. The number of anilines is 1. The second-order valence-electron chi connectivity index (χ2n) is 6.92. The third-order valence-corrected chi connectivity index (χ3v) is 5.21. The summed E-state index contributed by atoms with van der Waals surface area (Å²) in [5.74, 6) is 0.366. The number of pyridine rings is 1. The van der Waals surface area contributed by atoms with E-state index in [4.69, 9.17) is 15.5 Å². The molecule has 6 heteroatoms. The summed E-state index contributed by atoms with van der Waals surface area (Å²) in [5, 5.41) is 11.9. The highest BCUT2D eigenvalue weighted by atomic mass is 19.1. The highest BCUT2D eigenvalue weighted by molar-refractivity contribution is 6.12. The maximum Gasteiger partial charge on any atom is 0.203 e. The molecule has 1 fully saturated rings. The predicted molar refractivity (Wildman–Crippen MR) is 104 cm³/mol. The molecule has 0 saturated heterocycles. The maximum absolute atomic E-state index is 13.9. The molecule has 0 aliphatic heterocycles. The molecule has 0 spiro atoms. The summed E-state index contributed by atoms with van der Waals surface area (Å²) in [4.78, 5) is 4.77. The number of rotatable bonds is 3. The number of hydrogen-bond donors (Lipinski definition) is 2. The second kappa shape index (κ2) is 5.61. The van der Waals surface area contributed by atoms with Crippen molar-refractivity contribution < 1.29 is 14.2 Å². The minimum absolute atomic E-state index is 0.160. The molecule has 0 bridgehead atoms. The second-order valence-corrected chi connectivity index (χ2v) is 6.92. The van der Waals surface area contributed by atoms with Crippen molar-refractivity contribution in [3.63, 3.8) is 0 Å². The van der Waals surface area contributed by atoms with Gasteiger partial charge < -0.3 is 20.1 Å². The standard InChI is InChI=1S/C21H18FN3O2/c1-27-17-8-5-11(22)9-15(17)13-3-2-4-14-19(23)18-16(24-20(13)14)10-25(21(18)26)12-6-7-12/h2-5,8-10,12,26H,6-7,23H2,1H3. The minimum atomic E-state index is -0.352. The Morgan fingerprint density at radius 2 is 2.04 bits per heavy atom. The van der Waals surface area contributed by atoms with E-state index in [1.165, 1.54) is 12.1 Å². The lowest BCUT2D eigenvalue weighted by atomic mass is 9.99. The van der Waals surface area contributed by atoms with Crippen molar-refractivity contribution in [1.82, 2.24) is 9.55 Å². The highest BCUT2D eigenvalue weighted by Gasteiger charge is 2.28. The highest BCUT2D eigenvalue weighted by Crippen LogP contribution is 2.45. The molecule has 1 aliphatic rings. The van der Waals surface area contributed by atoms with E-state index in [9.17, 15) is 9.50 Å². The molecule has 0 radical (unpaired) electrons. The molecule has 136 valence electrons. The Bertz CT molecular complexity index is 1210. The predicted octanol–water partition coefficient (Wildman–Crippen LogP) is 4.63. The molecule has 1 saturated carbocycles. The Kier molecular flexibility index (Phi) is 3.31. The number of halogens is 1. The molecule has 3 N–H and O–H groups in total. The van der Waals surface area contributed by atoms with E-state index in [1.54, 1.807) is 13.2 Å². The molecule has 0 unspecified atom stereocenters. The third-order valence-electron chi connectivity index (χ3n) is 5.21. The van der Waals surface area contributed by atoms with Gasteiger partial charge in [0.1, 0.15) is 11.6 Å². The van der Waals surface area contributed by atoms with Gasteiger partial charge in [0, 0.05) is 28.8 Å². The van der Waals surface area contributed by atoms with E-state index in [0.29, 0.717) is 39.5 Å². The van der Waals surface area contributed by atoms with Crippen molar-refractivity contribution in [2.45, 2.75) is 18.9 Å². The van der Waals surface area contributed by atoms with Gasteiger partial charge in [0.2, 0.25) is 5.88 Å². The Morgan fingerprint density at radius 1 is 1.22 bits per heavy atom. The Morgan fingerprint density at radius 3 is 2.78 bits per heavy atom. The summed E-state index contributed by atoms with van der Waals surface area (Å²) in [5.41, 5.74) is 9.52. The Labute approximate surface area is 154 Å². The van der Waals surface area contributed by atoms with Crippen LogP contribution >= 0.6 is 0 Å². The van der Waals surface area contributed by atoms with Crippen LogP contribution in [0, 0.1) is 5.82 Å². The minimum Gasteiger partial charge on any atom is -0.496 e. The van der Waals surface area contributed by atoms with Gasteiger partial charge in [-0.25, -0.2) is 9.37 Å². The Balaban J connectivity index is 1.85. The number of fused-ring (bicyclic) bond motifs is 2. The smallest absolute Gasteiger partial charge is 0.203 e.